The second kappa shape index (κ2) is 6.04. The largest absolute Gasteiger partial charge is 0.394 e. The number of aliphatic hydroxyl groups is 1. The highest BCUT2D eigenvalue weighted by Crippen LogP contribution is 2.41. The minimum absolute atomic E-state index is 0.0204. The SMILES string of the molecule is Cc1cccc(-c2ccc([C@@H]3[C@@H](CO)N4C(=O)CNC[C@@H]34)cc2)c1. The molecule has 4 rings (SSSR count). The van der Waals surface area contributed by atoms with E-state index < -0.39 is 0 Å². The van der Waals surface area contributed by atoms with Gasteiger partial charge in [-0.3, -0.25) is 4.79 Å². The molecule has 2 aliphatic heterocycles. The van der Waals surface area contributed by atoms with Crippen LogP contribution in [0.25, 0.3) is 11.1 Å². The normalized spacial score (nSPS) is 26.0. The third kappa shape index (κ3) is 2.43. The van der Waals surface area contributed by atoms with Crippen LogP contribution in [-0.4, -0.2) is 47.7 Å². The first-order valence-corrected chi connectivity index (χ1v) is 8.49. The van der Waals surface area contributed by atoms with Gasteiger partial charge in [0.2, 0.25) is 5.91 Å². The Morgan fingerprint density at radius 1 is 1.17 bits per heavy atom. The van der Waals surface area contributed by atoms with Crippen LogP contribution < -0.4 is 5.32 Å². The van der Waals surface area contributed by atoms with Crippen molar-refractivity contribution >= 4 is 5.91 Å². The van der Waals surface area contributed by atoms with Gasteiger partial charge in [-0.15, -0.1) is 0 Å². The van der Waals surface area contributed by atoms with Gasteiger partial charge in [0.05, 0.1) is 25.2 Å². The number of hydrogen-bond acceptors (Lipinski definition) is 3. The molecule has 0 unspecified atom stereocenters. The molecule has 2 aromatic carbocycles. The van der Waals surface area contributed by atoms with E-state index in [1.54, 1.807) is 0 Å². The summed E-state index contributed by atoms with van der Waals surface area (Å²) in [6, 6.07) is 17.1. The number of aryl methyl sites for hydroxylation is 1. The summed E-state index contributed by atoms with van der Waals surface area (Å²) < 4.78 is 0. The van der Waals surface area contributed by atoms with Crippen LogP contribution in [0, 0.1) is 6.92 Å². The van der Waals surface area contributed by atoms with Gasteiger partial charge in [-0.05, 0) is 23.6 Å². The van der Waals surface area contributed by atoms with Crippen LogP contribution in [0.15, 0.2) is 48.5 Å². The molecule has 2 fully saturated rings. The van der Waals surface area contributed by atoms with E-state index in [9.17, 15) is 9.90 Å². The highest BCUT2D eigenvalue weighted by Gasteiger charge is 2.52. The summed E-state index contributed by atoms with van der Waals surface area (Å²) in [5, 5.41) is 12.9. The fraction of sp³-hybridized carbons (Fsp3) is 0.350. The molecule has 0 saturated carbocycles. The minimum atomic E-state index is -0.0885. The van der Waals surface area contributed by atoms with Gasteiger partial charge in [0.25, 0.3) is 0 Å². The molecule has 2 saturated heterocycles. The first kappa shape index (κ1) is 15.4. The van der Waals surface area contributed by atoms with Crippen molar-refractivity contribution in [3.05, 3.63) is 59.7 Å². The Hall–Kier alpha value is -2.17. The second-order valence-electron chi connectivity index (χ2n) is 6.77. The number of amides is 1. The Bertz CT molecular complexity index is 750. The smallest absolute Gasteiger partial charge is 0.237 e. The molecule has 0 radical (unpaired) electrons. The lowest BCUT2D eigenvalue weighted by molar-refractivity contribution is -0.153. The molecular weight excluding hydrogens is 300 g/mol. The summed E-state index contributed by atoms with van der Waals surface area (Å²) in [4.78, 5) is 13.9. The molecule has 1 amide bonds. The Balaban J connectivity index is 1.60. The van der Waals surface area contributed by atoms with Crippen LogP contribution in [0.5, 0.6) is 0 Å². The van der Waals surface area contributed by atoms with E-state index in [0.29, 0.717) is 6.54 Å². The van der Waals surface area contributed by atoms with Gasteiger partial charge in [-0.2, -0.15) is 0 Å². The van der Waals surface area contributed by atoms with Gasteiger partial charge < -0.3 is 15.3 Å². The number of carbonyl (C=O) groups excluding carboxylic acids is 1. The summed E-state index contributed by atoms with van der Waals surface area (Å²) in [5.74, 6) is 0.302. The Labute approximate surface area is 142 Å². The predicted molar refractivity (Wildman–Crippen MR) is 93.7 cm³/mol. The molecule has 124 valence electrons. The van der Waals surface area contributed by atoms with Crippen LogP contribution in [-0.2, 0) is 4.79 Å². The summed E-state index contributed by atoms with van der Waals surface area (Å²) in [7, 11) is 0. The zero-order valence-electron chi connectivity index (χ0n) is 13.8. The Kier molecular flexibility index (Phi) is 3.87. The zero-order valence-corrected chi connectivity index (χ0v) is 13.8. The molecule has 4 nitrogen and oxygen atoms in total. The topological polar surface area (TPSA) is 52.6 Å². The molecule has 0 spiro atoms. The van der Waals surface area contributed by atoms with Gasteiger partial charge >= 0.3 is 0 Å². The van der Waals surface area contributed by atoms with Crippen molar-refractivity contribution in [3.8, 4) is 11.1 Å². The maximum atomic E-state index is 12.0. The van der Waals surface area contributed by atoms with Crippen molar-refractivity contribution in [2.24, 2.45) is 0 Å². The first-order valence-electron chi connectivity index (χ1n) is 8.49. The van der Waals surface area contributed by atoms with Gasteiger partial charge in [0, 0.05) is 12.5 Å². The molecule has 3 atom stereocenters. The summed E-state index contributed by atoms with van der Waals surface area (Å²) in [6.07, 6.45) is 0. The van der Waals surface area contributed by atoms with Crippen molar-refractivity contribution in [1.82, 2.24) is 10.2 Å². The monoisotopic (exact) mass is 322 g/mol. The Morgan fingerprint density at radius 2 is 1.96 bits per heavy atom. The van der Waals surface area contributed by atoms with E-state index in [2.05, 4.69) is 60.8 Å². The Morgan fingerprint density at radius 3 is 2.67 bits per heavy atom. The molecule has 0 aliphatic carbocycles. The molecule has 2 aromatic rings. The average molecular weight is 322 g/mol. The lowest BCUT2D eigenvalue weighted by Crippen LogP contribution is -2.72. The minimum Gasteiger partial charge on any atom is -0.394 e. The maximum Gasteiger partial charge on any atom is 0.237 e. The van der Waals surface area contributed by atoms with Gasteiger partial charge in [0.1, 0.15) is 0 Å². The highest BCUT2D eigenvalue weighted by molar-refractivity contribution is 5.81. The quantitative estimate of drug-likeness (QED) is 0.908. The molecular formula is C20H22N2O2. The summed E-state index contributed by atoms with van der Waals surface area (Å²) in [6.45, 7) is 3.30. The van der Waals surface area contributed by atoms with E-state index in [-0.39, 0.29) is 30.5 Å². The first-order chi connectivity index (χ1) is 11.7. The fourth-order valence-corrected chi connectivity index (χ4v) is 4.13. The lowest BCUT2D eigenvalue weighted by atomic mass is 9.74. The van der Waals surface area contributed by atoms with Gasteiger partial charge in [-0.25, -0.2) is 0 Å². The number of nitrogens with one attached hydrogen (secondary N) is 1. The number of aliphatic hydroxyl groups excluding tert-OH is 1. The van der Waals surface area contributed by atoms with Crippen molar-refractivity contribution < 1.29 is 9.90 Å². The van der Waals surface area contributed by atoms with E-state index in [1.807, 2.05) is 4.90 Å². The fourth-order valence-electron chi connectivity index (χ4n) is 4.13. The number of rotatable bonds is 3. The van der Waals surface area contributed by atoms with E-state index in [1.165, 1.54) is 22.3 Å². The van der Waals surface area contributed by atoms with E-state index >= 15 is 0 Å². The standard InChI is InChI=1S/C20H22N2O2/c1-13-3-2-4-16(9-13)14-5-7-15(8-6-14)20-17-10-21-11-19(24)22(17)18(20)12-23/h2-9,17-18,20-21,23H,10-12H2,1H3/t17-,18+,20-/m0/s1. The molecule has 0 aromatic heterocycles. The number of hydrogen-bond donors (Lipinski definition) is 2. The lowest BCUT2D eigenvalue weighted by Gasteiger charge is -2.57. The van der Waals surface area contributed by atoms with E-state index in [0.717, 1.165) is 6.54 Å². The van der Waals surface area contributed by atoms with Crippen LogP contribution in [0.2, 0.25) is 0 Å². The summed E-state index contributed by atoms with van der Waals surface area (Å²) >= 11 is 0. The third-order valence-electron chi connectivity index (χ3n) is 5.30. The number of nitrogens with zero attached hydrogens (tertiary/aromatic N) is 1. The molecule has 2 aliphatic rings. The number of carbonyl (C=O) groups is 1. The molecule has 2 N–H and O–H groups in total. The van der Waals surface area contributed by atoms with Crippen molar-refractivity contribution in [1.29, 1.82) is 0 Å². The number of benzene rings is 2. The van der Waals surface area contributed by atoms with Crippen LogP contribution in [0.3, 0.4) is 0 Å². The highest BCUT2D eigenvalue weighted by atomic mass is 16.3. The third-order valence-corrected chi connectivity index (χ3v) is 5.30. The van der Waals surface area contributed by atoms with Crippen LogP contribution in [0.4, 0.5) is 0 Å². The predicted octanol–water partition coefficient (Wildman–Crippen LogP) is 1.92. The molecule has 4 heteroatoms. The van der Waals surface area contributed by atoms with Crippen molar-refractivity contribution in [2.45, 2.75) is 24.9 Å². The zero-order chi connectivity index (χ0) is 16.7. The summed E-state index contributed by atoms with van der Waals surface area (Å²) in [5.41, 5.74) is 4.85. The van der Waals surface area contributed by atoms with E-state index in [4.69, 9.17) is 0 Å². The van der Waals surface area contributed by atoms with Crippen LogP contribution >= 0.6 is 0 Å². The molecule has 24 heavy (non-hydrogen) atoms. The second-order valence-corrected chi connectivity index (χ2v) is 6.77. The molecule has 2 heterocycles. The van der Waals surface area contributed by atoms with Gasteiger partial charge in [-0.1, -0.05) is 54.1 Å². The average Bonchev–Trinajstić information content (AvgIpc) is 2.57. The van der Waals surface area contributed by atoms with Crippen LogP contribution in [0.1, 0.15) is 17.0 Å². The number of piperazine rings is 1. The van der Waals surface area contributed by atoms with Crippen molar-refractivity contribution in [2.75, 3.05) is 19.7 Å². The number of fused-ring (bicyclic) bond motifs is 1. The maximum absolute atomic E-state index is 12.0. The molecule has 0 bridgehead atoms. The van der Waals surface area contributed by atoms with Crippen molar-refractivity contribution in [3.63, 3.8) is 0 Å². The van der Waals surface area contributed by atoms with Gasteiger partial charge in [0.15, 0.2) is 0 Å².